The summed E-state index contributed by atoms with van der Waals surface area (Å²) in [6.45, 7) is 3.04. The van der Waals surface area contributed by atoms with Gasteiger partial charge in [-0.2, -0.15) is 0 Å². The summed E-state index contributed by atoms with van der Waals surface area (Å²) in [4.78, 5) is 2.03. The van der Waals surface area contributed by atoms with Gasteiger partial charge in [-0.1, -0.05) is 0 Å². The Hall–Kier alpha value is -1.91. The molecule has 0 unspecified atom stereocenters. The largest absolute Gasteiger partial charge is 0.314 e. The van der Waals surface area contributed by atoms with Crippen LogP contribution in [-0.2, 0) is 12.0 Å². The highest BCUT2D eigenvalue weighted by molar-refractivity contribution is 5.56. The summed E-state index contributed by atoms with van der Waals surface area (Å²) in [5.74, 6) is 4.52. The van der Waals surface area contributed by atoms with Gasteiger partial charge in [0.15, 0.2) is 0 Å². The summed E-state index contributed by atoms with van der Waals surface area (Å²) in [7, 11) is 1.99. The molecule has 0 N–H and O–H groups in total. The second kappa shape index (κ2) is 5.80. The zero-order valence-corrected chi connectivity index (χ0v) is 15.7. The minimum atomic E-state index is -0.214. The molecule has 4 bridgehead atoms. The Balaban J connectivity index is 1.53. The zero-order valence-electron chi connectivity index (χ0n) is 15.7. The summed E-state index contributed by atoms with van der Waals surface area (Å²) >= 11 is 0. The van der Waals surface area contributed by atoms with Gasteiger partial charge < -0.3 is 4.90 Å². The number of rotatable bonds is 4. The Labute approximate surface area is 154 Å². The summed E-state index contributed by atoms with van der Waals surface area (Å²) in [6.07, 6.45) is 8.16. The number of hydrogen-bond donors (Lipinski definition) is 0. The summed E-state index contributed by atoms with van der Waals surface area (Å²) in [6, 6.07) is 6.60. The lowest BCUT2D eigenvalue weighted by atomic mass is 9.49. The molecule has 2 aromatic rings. The molecule has 0 atom stereocenters. The average Bonchev–Trinajstić information content (AvgIpc) is 3.05. The highest BCUT2D eigenvalue weighted by atomic mass is 19.1. The van der Waals surface area contributed by atoms with Gasteiger partial charge in [-0.15, -0.1) is 10.2 Å². The molecule has 5 heteroatoms. The van der Waals surface area contributed by atoms with Gasteiger partial charge in [0.1, 0.15) is 11.6 Å². The van der Waals surface area contributed by atoms with Crippen LogP contribution < -0.4 is 4.90 Å². The van der Waals surface area contributed by atoms with Gasteiger partial charge in [-0.25, -0.2) is 4.39 Å². The molecule has 0 spiro atoms. The maximum Gasteiger partial charge on any atom is 0.231 e. The van der Waals surface area contributed by atoms with Crippen molar-refractivity contribution in [2.24, 2.45) is 17.8 Å². The van der Waals surface area contributed by atoms with E-state index in [1.54, 1.807) is 12.1 Å². The van der Waals surface area contributed by atoms with Crippen molar-refractivity contribution >= 4 is 11.6 Å². The van der Waals surface area contributed by atoms with Crippen molar-refractivity contribution < 1.29 is 4.39 Å². The van der Waals surface area contributed by atoms with E-state index in [0.29, 0.717) is 0 Å². The third-order valence-electron chi connectivity index (χ3n) is 7.07. The fourth-order valence-corrected chi connectivity index (χ4v) is 6.39. The van der Waals surface area contributed by atoms with Crippen molar-refractivity contribution in [2.75, 3.05) is 11.9 Å². The highest BCUT2D eigenvalue weighted by Crippen LogP contribution is 2.60. The minimum Gasteiger partial charge on any atom is -0.314 e. The van der Waals surface area contributed by atoms with E-state index in [0.717, 1.165) is 35.9 Å². The number of anilines is 2. The second-order valence-corrected chi connectivity index (χ2v) is 8.80. The molecule has 26 heavy (non-hydrogen) atoms. The van der Waals surface area contributed by atoms with Crippen LogP contribution in [-0.4, -0.2) is 21.8 Å². The molecule has 1 heterocycles. The quantitative estimate of drug-likeness (QED) is 0.800. The van der Waals surface area contributed by atoms with Crippen LogP contribution in [0, 0.1) is 23.6 Å². The molecule has 138 valence electrons. The minimum absolute atomic E-state index is 0.214. The molecule has 4 saturated carbocycles. The molecule has 0 aliphatic heterocycles. The summed E-state index contributed by atoms with van der Waals surface area (Å²) < 4.78 is 15.6. The van der Waals surface area contributed by atoms with Gasteiger partial charge in [0.25, 0.3) is 0 Å². The molecule has 1 aromatic carbocycles. The van der Waals surface area contributed by atoms with Gasteiger partial charge in [0.05, 0.1) is 0 Å². The lowest BCUT2D eigenvalue weighted by molar-refractivity contribution is -0.0110. The maximum absolute atomic E-state index is 13.3. The topological polar surface area (TPSA) is 34.0 Å². The molecule has 4 aliphatic carbocycles. The summed E-state index contributed by atoms with van der Waals surface area (Å²) in [5, 5.41) is 9.33. The monoisotopic (exact) mass is 354 g/mol. The molecule has 4 aliphatic rings. The molecule has 0 saturated heterocycles. The van der Waals surface area contributed by atoms with Gasteiger partial charge in [-0.05, 0) is 87.5 Å². The number of benzene rings is 1. The van der Waals surface area contributed by atoms with E-state index in [1.807, 2.05) is 11.9 Å². The molecule has 0 amide bonds. The van der Waals surface area contributed by atoms with Gasteiger partial charge in [0.2, 0.25) is 5.95 Å². The molecular formula is C21H27FN4. The molecule has 0 radical (unpaired) electrons. The highest BCUT2D eigenvalue weighted by Gasteiger charge is 2.54. The van der Waals surface area contributed by atoms with Crippen LogP contribution in [0.2, 0.25) is 0 Å². The van der Waals surface area contributed by atoms with Crippen LogP contribution in [0.15, 0.2) is 24.3 Å². The van der Waals surface area contributed by atoms with Crippen molar-refractivity contribution in [2.45, 2.75) is 57.4 Å². The third kappa shape index (κ3) is 2.39. The first-order valence-corrected chi connectivity index (χ1v) is 10.0. The van der Waals surface area contributed by atoms with Crippen molar-refractivity contribution in [3.63, 3.8) is 0 Å². The normalized spacial score (nSPS) is 32.2. The Bertz CT molecular complexity index is 775. The van der Waals surface area contributed by atoms with Crippen LogP contribution in [0.3, 0.4) is 0 Å². The predicted octanol–water partition coefficient (Wildman–Crippen LogP) is 4.67. The third-order valence-corrected chi connectivity index (χ3v) is 7.07. The first kappa shape index (κ1) is 16.3. The van der Waals surface area contributed by atoms with Crippen LogP contribution >= 0.6 is 0 Å². The van der Waals surface area contributed by atoms with Gasteiger partial charge >= 0.3 is 0 Å². The van der Waals surface area contributed by atoms with Gasteiger partial charge in [-0.3, -0.25) is 4.57 Å². The molecule has 1 aromatic heterocycles. The van der Waals surface area contributed by atoms with Crippen LogP contribution in [0.1, 0.15) is 51.3 Å². The smallest absolute Gasteiger partial charge is 0.231 e. The number of aromatic nitrogens is 3. The van der Waals surface area contributed by atoms with E-state index in [2.05, 4.69) is 16.6 Å². The Kier molecular flexibility index (Phi) is 3.63. The molecular weight excluding hydrogens is 327 g/mol. The average molecular weight is 354 g/mol. The first-order valence-electron chi connectivity index (χ1n) is 10.0. The fraction of sp³-hybridized carbons (Fsp3) is 0.619. The standard InChI is InChI=1S/C21H27FN4/c1-3-26-19(21-11-14-8-15(12-21)10-16(9-14)13-21)23-24-20(26)25(2)18-6-4-17(22)5-7-18/h4-7,14-16H,3,8-13H2,1-2H3. The van der Waals surface area contributed by atoms with E-state index >= 15 is 0 Å². The zero-order chi connectivity index (χ0) is 17.9. The van der Waals surface area contributed by atoms with Crippen molar-refractivity contribution in [3.05, 3.63) is 35.9 Å². The van der Waals surface area contributed by atoms with E-state index in [9.17, 15) is 4.39 Å². The molecule has 4 nitrogen and oxygen atoms in total. The second-order valence-electron chi connectivity index (χ2n) is 8.80. The number of hydrogen-bond acceptors (Lipinski definition) is 3. The number of nitrogens with zero attached hydrogens (tertiary/aromatic N) is 4. The van der Waals surface area contributed by atoms with Crippen LogP contribution in [0.4, 0.5) is 16.0 Å². The van der Waals surface area contributed by atoms with Crippen molar-refractivity contribution in [3.8, 4) is 0 Å². The Morgan fingerprint density at radius 3 is 2.15 bits per heavy atom. The van der Waals surface area contributed by atoms with Crippen LogP contribution in [0.5, 0.6) is 0 Å². The van der Waals surface area contributed by atoms with Gasteiger partial charge in [0, 0.05) is 24.7 Å². The fourth-order valence-electron chi connectivity index (χ4n) is 6.39. The number of halogens is 1. The van der Waals surface area contributed by atoms with E-state index < -0.39 is 0 Å². The lowest BCUT2D eigenvalue weighted by Gasteiger charge is -2.56. The Morgan fingerprint density at radius 2 is 1.62 bits per heavy atom. The predicted molar refractivity (Wildman–Crippen MR) is 100 cm³/mol. The summed E-state index contributed by atoms with van der Waals surface area (Å²) in [5.41, 5.74) is 1.17. The van der Waals surface area contributed by atoms with Crippen molar-refractivity contribution in [1.29, 1.82) is 0 Å². The maximum atomic E-state index is 13.3. The first-order chi connectivity index (χ1) is 12.6. The SMILES string of the molecule is CCn1c(N(C)c2ccc(F)cc2)nnc1C12CC3CC(CC(C3)C1)C2. The lowest BCUT2D eigenvalue weighted by Crippen LogP contribution is -2.49. The molecule has 6 rings (SSSR count). The van der Waals surface area contributed by atoms with E-state index in [4.69, 9.17) is 5.10 Å². The van der Waals surface area contributed by atoms with E-state index in [-0.39, 0.29) is 11.2 Å². The Morgan fingerprint density at radius 1 is 1.04 bits per heavy atom. The molecule has 4 fully saturated rings. The van der Waals surface area contributed by atoms with Crippen LogP contribution in [0.25, 0.3) is 0 Å². The van der Waals surface area contributed by atoms with Crippen molar-refractivity contribution in [1.82, 2.24) is 14.8 Å². The van der Waals surface area contributed by atoms with E-state index in [1.165, 1.54) is 56.5 Å².